The summed E-state index contributed by atoms with van der Waals surface area (Å²) < 4.78 is 68.1. The van der Waals surface area contributed by atoms with E-state index in [1.165, 1.54) is 36.5 Å². The number of Topliss-reactive ketones (excluding diaryl/α,β-unsaturated/α-hetero) is 2. The molecule has 4 aromatic carbocycles. The highest BCUT2D eigenvalue weighted by molar-refractivity contribution is 5.83. The molecule has 23 heteroatoms. The Bertz CT molecular complexity index is 2800. The predicted octanol–water partition coefficient (Wildman–Crippen LogP) is 7.29. The number of hydrogen-bond donors (Lipinski definition) is 2. The molecule has 0 aromatic heterocycles. The minimum Gasteiger partial charge on any atom is -0.467 e. The molecule has 2 N–H and O–H groups in total. The second-order valence-electron chi connectivity index (χ2n) is 22.1. The molecule has 498 valence electrons. The van der Waals surface area contributed by atoms with Gasteiger partial charge in [0.2, 0.25) is 5.91 Å². The van der Waals surface area contributed by atoms with Crippen molar-refractivity contribution >= 4 is 47.4 Å². The summed E-state index contributed by atoms with van der Waals surface area (Å²) >= 11 is 0. The van der Waals surface area contributed by atoms with E-state index in [1.54, 1.807) is 20.8 Å². The zero-order chi connectivity index (χ0) is 65.5. The van der Waals surface area contributed by atoms with E-state index in [4.69, 9.17) is 52.1 Å². The van der Waals surface area contributed by atoms with Crippen molar-refractivity contribution in [1.82, 2.24) is 10.6 Å². The van der Waals surface area contributed by atoms with Crippen molar-refractivity contribution < 1.29 is 99.9 Å². The molecule has 1 atom stereocenters. The Hall–Kier alpha value is -7.48. The molecule has 2 aliphatic rings. The molecule has 0 radical (unpaired) electrons. The number of amides is 2. The smallest absolute Gasteiger partial charge is 0.407 e. The number of esters is 4. The summed E-state index contributed by atoms with van der Waals surface area (Å²) in [4.78, 5) is 96.4. The molecule has 0 spiro atoms. The molecule has 4 aromatic rings. The predicted molar refractivity (Wildman–Crippen MR) is 333 cm³/mol. The number of carbonyl (C=O) groups excluding carboxylic acids is 8. The maximum atomic E-state index is 13.0. The van der Waals surface area contributed by atoms with Crippen LogP contribution < -0.4 is 10.6 Å². The first-order valence-corrected chi connectivity index (χ1v) is 30.8. The van der Waals surface area contributed by atoms with Crippen LogP contribution in [-0.2, 0) is 95.1 Å². The van der Waals surface area contributed by atoms with Crippen LogP contribution in [0.4, 0.5) is 4.79 Å². The van der Waals surface area contributed by atoms with E-state index < -0.39 is 41.5 Å². The van der Waals surface area contributed by atoms with Crippen molar-refractivity contribution in [3.63, 3.8) is 0 Å². The third kappa shape index (κ3) is 28.7. The quantitative estimate of drug-likeness (QED) is 0.0250. The maximum Gasteiger partial charge on any atom is 0.407 e. The van der Waals surface area contributed by atoms with Gasteiger partial charge in [0, 0.05) is 57.4 Å². The summed E-state index contributed by atoms with van der Waals surface area (Å²) in [5.41, 5.74) is 8.38. The zero-order valence-corrected chi connectivity index (χ0v) is 53.1. The van der Waals surface area contributed by atoms with Gasteiger partial charge in [-0.05, 0) is 84.5 Å². The van der Waals surface area contributed by atoms with Crippen molar-refractivity contribution in [1.29, 1.82) is 0 Å². The van der Waals surface area contributed by atoms with Gasteiger partial charge in [0.1, 0.15) is 45.2 Å². The normalized spacial score (nSPS) is 12.5. The first-order valence-electron chi connectivity index (χ1n) is 30.8. The molecule has 0 aliphatic heterocycles. The summed E-state index contributed by atoms with van der Waals surface area (Å²) in [6.45, 7) is 9.60. The molecule has 0 saturated carbocycles. The third-order valence-electron chi connectivity index (χ3n) is 14.1. The molecule has 2 aliphatic carbocycles. The zero-order valence-electron chi connectivity index (χ0n) is 53.1. The number of ketones is 2. The monoisotopic (exact) mass is 1270 g/mol. The molecular formula is C68H90N2O21. The van der Waals surface area contributed by atoms with Crippen molar-refractivity contribution in [2.24, 2.45) is 5.92 Å². The number of fused-ring (bicyclic) bond motifs is 6. The molecule has 0 fully saturated rings. The molecule has 0 unspecified atom stereocenters. The second kappa shape index (κ2) is 42.6. The second-order valence-corrected chi connectivity index (χ2v) is 22.1. The molecule has 23 nitrogen and oxygen atoms in total. The van der Waals surface area contributed by atoms with E-state index in [-0.39, 0.29) is 134 Å². The lowest BCUT2D eigenvalue weighted by Crippen LogP contribution is -2.32. The third-order valence-corrected chi connectivity index (χ3v) is 14.1. The van der Waals surface area contributed by atoms with E-state index in [0.717, 1.165) is 22.3 Å². The van der Waals surface area contributed by atoms with Crippen molar-refractivity contribution in [2.45, 2.75) is 83.2 Å². The Morgan fingerprint density at radius 3 is 1.22 bits per heavy atom. The average Bonchev–Trinajstić information content (AvgIpc) is 1.65. The molecule has 0 bridgehead atoms. The lowest BCUT2D eigenvalue weighted by molar-refractivity contribution is -0.164. The molecule has 91 heavy (non-hydrogen) atoms. The van der Waals surface area contributed by atoms with Gasteiger partial charge in [-0.1, -0.05) is 97.1 Å². The van der Waals surface area contributed by atoms with Gasteiger partial charge in [-0.15, -0.1) is 0 Å². The van der Waals surface area contributed by atoms with Gasteiger partial charge < -0.3 is 72.2 Å². The number of nitrogens with one attached hydrogen (secondary N) is 2. The SMILES string of the molecule is COC(=O)COCCOCCCC(=O)COCCOCCNC(=O)CC[C@H](CC(=O)OCC1c2ccccc2-c2ccccc21)C(=O)OC(C)(C)C.COC(=O)COCCOCCCC(=O)COCCOCCNC(=O)OCC1c2ccccc2-c2ccccc21. The number of ether oxygens (including phenoxy) is 13. The topological polar surface area (TPSA) is 281 Å². The van der Waals surface area contributed by atoms with Crippen LogP contribution in [0.2, 0.25) is 0 Å². The number of carbonyl (C=O) groups is 8. The molecule has 6 rings (SSSR count). The molecule has 0 saturated heterocycles. The highest BCUT2D eigenvalue weighted by atomic mass is 16.6. The Labute approximate surface area is 533 Å². The number of methoxy groups -OCH3 is 2. The van der Waals surface area contributed by atoms with Crippen LogP contribution in [0.25, 0.3) is 22.3 Å². The van der Waals surface area contributed by atoms with Gasteiger partial charge in [0.25, 0.3) is 0 Å². The maximum absolute atomic E-state index is 13.0. The van der Waals surface area contributed by atoms with Gasteiger partial charge in [0.05, 0.1) is 92.6 Å². The van der Waals surface area contributed by atoms with Crippen LogP contribution in [0.5, 0.6) is 0 Å². The van der Waals surface area contributed by atoms with E-state index >= 15 is 0 Å². The summed E-state index contributed by atoms with van der Waals surface area (Å²) in [6.07, 6.45) is 1.24. The van der Waals surface area contributed by atoms with Crippen molar-refractivity contribution in [3.05, 3.63) is 119 Å². The van der Waals surface area contributed by atoms with Crippen LogP contribution in [-0.4, -0.2) is 199 Å². The molecule has 0 heterocycles. The standard InChI is InChI=1S/C39H53NO12.C29H37NO9/c1-39(2,3)52-38(45)28(24-36(43)51-26-34-32-13-7-5-11-30(32)31-12-6-8-14-33(31)34)15-16-35(42)40-17-19-48-21-22-49-25-29(41)10-9-18-47-20-23-50-27-37(44)46-4;1-34-28(32)21-38-18-15-35-13-6-7-22(31)19-37-17-16-36-14-12-30-29(33)39-20-27-25-10-4-2-8-23(25)24-9-3-5-11-26(24)27/h5-8,11-14,28,34H,9-10,15-27H2,1-4H3,(H,40,42);2-5,8-11,27H,6-7,12-21H2,1H3,(H,30,33)/t28-;/m1./s1. The lowest BCUT2D eigenvalue weighted by Gasteiger charge is -2.24. The fourth-order valence-corrected chi connectivity index (χ4v) is 9.66. The highest BCUT2D eigenvalue weighted by Gasteiger charge is 2.33. The van der Waals surface area contributed by atoms with E-state index in [1.807, 2.05) is 60.7 Å². The largest absolute Gasteiger partial charge is 0.467 e. The van der Waals surface area contributed by atoms with Crippen LogP contribution in [0.15, 0.2) is 97.1 Å². The fourth-order valence-electron chi connectivity index (χ4n) is 9.66. The Balaban J connectivity index is 0.000000344. The van der Waals surface area contributed by atoms with Crippen LogP contribution in [0.1, 0.15) is 99.8 Å². The van der Waals surface area contributed by atoms with Crippen LogP contribution in [0.3, 0.4) is 0 Å². The van der Waals surface area contributed by atoms with Gasteiger partial charge in [0.15, 0.2) is 11.6 Å². The first kappa shape index (κ1) is 74.2. The fraction of sp³-hybridized carbons (Fsp3) is 0.529. The summed E-state index contributed by atoms with van der Waals surface area (Å²) in [5.74, 6) is -3.25. The highest BCUT2D eigenvalue weighted by Crippen LogP contribution is 2.46. The van der Waals surface area contributed by atoms with Gasteiger partial charge >= 0.3 is 30.0 Å². The van der Waals surface area contributed by atoms with Crippen molar-refractivity contribution in [3.8, 4) is 22.3 Å². The van der Waals surface area contributed by atoms with E-state index in [2.05, 4.69) is 56.5 Å². The van der Waals surface area contributed by atoms with Gasteiger partial charge in [-0.25, -0.2) is 14.4 Å². The number of rotatable bonds is 44. The molecular weight excluding hydrogens is 1180 g/mol. The lowest BCUT2D eigenvalue weighted by atomic mass is 9.97. The molecule has 2 amide bonds. The number of hydrogen-bond acceptors (Lipinski definition) is 21. The van der Waals surface area contributed by atoms with Gasteiger partial charge in [-0.3, -0.25) is 24.0 Å². The Morgan fingerprint density at radius 2 is 0.802 bits per heavy atom. The minimum atomic E-state index is -0.844. The van der Waals surface area contributed by atoms with Crippen molar-refractivity contribution in [2.75, 3.05) is 146 Å². The minimum absolute atomic E-state index is 0.0139. The van der Waals surface area contributed by atoms with E-state index in [0.29, 0.717) is 71.9 Å². The summed E-state index contributed by atoms with van der Waals surface area (Å²) in [5, 5.41) is 5.45. The number of benzene rings is 4. The van der Waals surface area contributed by atoms with Crippen LogP contribution in [0, 0.1) is 5.92 Å². The number of alkyl carbamates (subject to hydrolysis) is 1. The van der Waals surface area contributed by atoms with E-state index in [9.17, 15) is 38.4 Å². The summed E-state index contributed by atoms with van der Waals surface area (Å²) in [6, 6.07) is 32.5. The van der Waals surface area contributed by atoms with Crippen LogP contribution >= 0.6 is 0 Å². The first-order chi connectivity index (χ1) is 44.1. The summed E-state index contributed by atoms with van der Waals surface area (Å²) in [7, 11) is 2.58. The Kier molecular flexibility index (Phi) is 34.7. The van der Waals surface area contributed by atoms with Gasteiger partial charge in [-0.2, -0.15) is 0 Å². The average molecular weight is 1270 g/mol. The Morgan fingerprint density at radius 1 is 0.429 bits per heavy atom.